The van der Waals surface area contributed by atoms with Crippen LogP contribution in [-0.4, -0.2) is 45.7 Å². The number of pyridine rings is 1. The van der Waals surface area contributed by atoms with Crippen LogP contribution in [-0.2, 0) is 9.59 Å². The average Bonchev–Trinajstić information content (AvgIpc) is 3.00. The van der Waals surface area contributed by atoms with Crippen LogP contribution in [0.1, 0.15) is 32.3 Å². The van der Waals surface area contributed by atoms with Gasteiger partial charge in [0.15, 0.2) is 0 Å². The molecule has 31 heavy (non-hydrogen) atoms. The Hall–Kier alpha value is -2.45. The fraction of sp³-hybridized carbons (Fsp3) is 0.391. The molecule has 6 nitrogen and oxygen atoms in total. The molecule has 0 bridgehead atoms. The van der Waals surface area contributed by atoms with Gasteiger partial charge in [-0.3, -0.25) is 14.5 Å². The number of carbonyl (C=O) groups excluding carboxylic acids is 2. The number of anilines is 1. The van der Waals surface area contributed by atoms with Gasteiger partial charge < -0.3 is 10.6 Å². The molecule has 0 unspecified atom stereocenters. The second-order valence-electron chi connectivity index (χ2n) is 8.44. The lowest BCUT2D eigenvalue weighted by Crippen LogP contribution is -2.39. The summed E-state index contributed by atoms with van der Waals surface area (Å²) >= 11 is 6.80. The number of para-hydroxylation sites is 1. The van der Waals surface area contributed by atoms with Crippen LogP contribution in [0.15, 0.2) is 35.2 Å². The van der Waals surface area contributed by atoms with Crippen molar-refractivity contribution in [1.29, 1.82) is 0 Å². The summed E-state index contributed by atoms with van der Waals surface area (Å²) in [5, 5.41) is 1.02. The first-order chi connectivity index (χ1) is 14.8. The van der Waals surface area contributed by atoms with Crippen molar-refractivity contribution in [2.24, 2.45) is 17.6 Å². The Morgan fingerprint density at radius 1 is 1.32 bits per heavy atom. The van der Waals surface area contributed by atoms with E-state index in [1.165, 1.54) is 11.8 Å². The summed E-state index contributed by atoms with van der Waals surface area (Å²) in [6.45, 7) is 6.17. The van der Waals surface area contributed by atoms with E-state index >= 15 is 0 Å². The van der Waals surface area contributed by atoms with Crippen LogP contribution in [0.4, 0.5) is 5.82 Å². The minimum atomic E-state index is -0.236. The molecule has 0 saturated carbocycles. The van der Waals surface area contributed by atoms with Gasteiger partial charge in [0.25, 0.3) is 5.91 Å². The average molecular weight is 455 g/mol. The number of nitrogens with two attached hydrogens (primary N) is 1. The first-order valence-electron chi connectivity index (χ1n) is 10.5. The summed E-state index contributed by atoms with van der Waals surface area (Å²) < 4.78 is 0.600. The standard InChI is InChI=1S/C23H26N4O2S2/c1-14(2)13-27-22(29)19(31-23(27)30)12-17-11-16-5-3-4-6-18(16)25-21(17)26-9-7-15(8-10-26)20(24)28/h3-6,11-12,14-15H,7-10,13H2,1-2H3,(H2,24,28)/b19-12-. The highest BCUT2D eigenvalue weighted by molar-refractivity contribution is 8.26. The van der Waals surface area contributed by atoms with E-state index in [1.807, 2.05) is 30.3 Å². The van der Waals surface area contributed by atoms with Crippen molar-refractivity contribution in [3.05, 3.63) is 40.8 Å². The van der Waals surface area contributed by atoms with E-state index in [-0.39, 0.29) is 17.7 Å². The summed E-state index contributed by atoms with van der Waals surface area (Å²) in [7, 11) is 0. The number of thiocarbonyl (C=S) groups is 1. The zero-order valence-electron chi connectivity index (χ0n) is 17.7. The maximum Gasteiger partial charge on any atom is 0.266 e. The lowest BCUT2D eigenvalue weighted by atomic mass is 9.96. The number of fused-ring (bicyclic) bond motifs is 1. The van der Waals surface area contributed by atoms with Gasteiger partial charge in [0.1, 0.15) is 10.1 Å². The highest BCUT2D eigenvalue weighted by atomic mass is 32.2. The van der Waals surface area contributed by atoms with Crippen molar-refractivity contribution in [1.82, 2.24) is 9.88 Å². The molecule has 2 aromatic rings. The molecule has 2 aliphatic heterocycles. The second-order valence-corrected chi connectivity index (χ2v) is 10.1. The molecule has 0 spiro atoms. The third-order valence-electron chi connectivity index (χ3n) is 5.64. The van der Waals surface area contributed by atoms with Crippen molar-refractivity contribution in [3.63, 3.8) is 0 Å². The van der Waals surface area contributed by atoms with Gasteiger partial charge >= 0.3 is 0 Å². The molecular formula is C23H26N4O2S2. The zero-order chi connectivity index (χ0) is 22.1. The molecule has 4 rings (SSSR count). The molecule has 2 saturated heterocycles. The minimum Gasteiger partial charge on any atom is -0.369 e. The maximum absolute atomic E-state index is 13.0. The molecule has 162 valence electrons. The summed E-state index contributed by atoms with van der Waals surface area (Å²) in [6.07, 6.45) is 3.33. The highest BCUT2D eigenvalue weighted by Gasteiger charge is 2.33. The van der Waals surface area contributed by atoms with E-state index in [1.54, 1.807) is 4.90 Å². The molecule has 0 aliphatic carbocycles. The summed E-state index contributed by atoms with van der Waals surface area (Å²) in [6, 6.07) is 10.0. The highest BCUT2D eigenvalue weighted by Crippen LogP contribution is 2.36. The van der Waals surface area contributed by atoms with Gasteiger partial charge in [0.2, 0.25) is 5.91 Å². The zero-order valence-corrected chi connectivity index (χ0v) is 19.3. The normalized spacial score (nSPS) is 19.3. The molecule has 2 aliphatic rings. The first kappa shape index (κ1) is 21.8. The number of thioether (sulfide) groups is 1. The molecule has 2 fully saturated rings. The molecule has 8 heteroatoms. The number of piperidine rings is 1. The van der Waals surface area contributed by atoms with E-state index in [0.717, 1.165) is 22.3 Å². The lowest BCUT2D eigenvalue weighted by molar-refractivity contribution is -0.123. The molecule has 0 atom stereocenters. The SMILES string of the molecule is CC(C)CN1C(=O)/C(=C/c2cc3ccccc3nc2N2CCC(C(N)=O)CC2)SC1=S. The fourth-order valence-corrected chi connectivity index (χ4v) is 5.29. The molecule has 1 aromatic heterocycles. The van der Waals surface area contributed by atoms with Crippen molar-refractivity contribution in [3.8, 4) is 0 Å². The van der Waals surface area contributed by atoms with Crippen molar-refractivity contribution >= 4 is 62.9 Å². The molecule has 3 heterocycles. The summed E-state index contributed by atoms with van der Waals surface area (Å²) in [5.41, 5.74) is 7.29. The van der Waals surface area contributed by atoms with Gasteiger partial charge in [-0.05, 0) is 37.0 Å². The van der Waals surface area contributed by atoms with Gasteiger partial charge in [-0.15, -0.1) is 0 Å². The van der Waals surface area contributed by atoms with Gasteiger partial charge in [0, 0.05) is 36.5 Å². The summed E-state index contributed by atoms with van der Waals surface area (Å²) in [4.78, 5) is 34.0. The van der Waals surface area contributed by atoms with E-state index in [2.05, 4.69) is 24.8 Å². The monoisotopic (exact) mass is 454 g/mol. The van der Waals surface area contributed by atoms with Crippen LogP contribution in [0.2, 0.25) is 0 Å². The Kier molecular flexibility index (Phi) is 6.29. The second kappa shape index (κ2) is 8.96. The molecule has 1 aromatic carbocycles. The van der Waals surface area contributed by atoms with Crippen molar-refractivity contribution in [2.45, 2.75) is 26.7 Å². The van der Waals surface area contributed by atoms with Gasteiger partial charge in [-0.1, -0.05) is 56.0 Å². The number of amides is 2. The van der Waals surface area contributed by atoms with Crippen LogP contribution in [0.3, 0.4) is 0 Å². The van der Waals surface area contributed by atoms with Gasteiger partial charge in [-0.2, -0.15) is 0 Å². The molecule has 2 amide bonds. The van der Waals surface area contributed by atoms with E-state index in [0.29, 0.717) is 47.6 Å². The number of hydrogen-bond acceptors (Lipinski definition) is 6. The Balaban J connectivity index is 1.71. The summed E-state index contributed by atoms with van der Waals surface area (Å²) in [5.74, 6) is 0.796. The van der Waals surface area contributed by atoms with Crippen LogP contribution >= 0.6 is 24.0 Å². The van der Waals surface area contributed by atoms with E-state index in [4.69, 9.17) is 22.9 Å². The Labute approximate surface area is 191 Å². The topological polar surface area (TPSA) is 79.5 Å². The number of hydrogen-bond donors (Lipinski definition) is 1. The third kappa shape index (κ3) is 4.60. The number of nitrogens with zero attached hydrogens (tertiary/aromatic N) is 3. The van der Waals surface area contributed by atoms with Crippen LogP contribution in [0, 0.1) is 11.8 Å². The molecule has 0 radical (unpaired) electrons. The van der Waals surface area contributed by atoms with E-state index < -0.39 is 0 Å². The Morgan fingerprint density at radius 2 is 2.03 bits per heavy atom. The van der Waals surface area contributed by atoms with Crippen LogP contribution in [0.25, 0.3) is 17.0 Å². The first-order valence-corrected chi connectivity index (χ1v) is 11.8. The van der Waals surface area contributed by atoms with Crippen molar-refractivity contribution in [2.75, 3.05) is 24.5 Å². The lowest BCUT2D eigenvalue weighted by Gasteiger charge is -2.32. The number of benzene rings is 1. The maximum atomic E-state index is 13.0. The van der Waals surface area contributed by atoms with Crippen molar-refractivity contribution < 1.29 is 9.59 Å². The Morgan fingerprint density at radius 3 is 2.71 bits per heavy atom. The number of rotatable bonds is 5. The minimum absolute atomic E-state index is 0.0461. The third-order valence-corrected chi connectivity index (χ3v) is 7.01. The smallest absolute Gasteiger partial charge is 0.266 e. The van der Waals surface area contributed by atoms with E-state index in [9.17, 15) is 9.59 Å². The largest absolute Gasteiger partial charge is 0.369 e. The van der Waals surface area contributed by atoms with Crippen LogP contribution < -0.4 is 10.6 Å². The van der Waals surface area contributed by atoms with Gasteiger partial charge in [0.05, 0.1) is 10.4 Å². The number of primary amides is 1. The molecule has 2 N–H and O–H groups in total. The molecular weight excluding hydrogens is 428 g/mol. The van der Waals surface area contributed by atoms with Gasteiger partial charge in [-0.25, -0.2) is 4.98 Å². The van der Waals surface area contributed by atoms with Crippen LogP contribution in [0.5, 0.6) is 0 Å². The number of aromatic nitrogens is 1. The fourth-order valence-electron chi connectivity index (χ4n) is 4.02. The quantitative estimate of drug-likeness (QED) is 0.547. The predicted octanol–water partition coefficient (Wildman–Crippen LogP) is 3.79. The number of carbonyl (C=O) groups is 2. The predicted molar refractivity (Wildman–Crippen MR) is 131 cm³/mol. The Bertz CT molecular complexity index is 1070.